The van der Waals surface area contributed by atoms with Gasteiger partial charge in [-0.2, -0.15) is 13.2 Å². The molecule has 0 fully saturated rings. The Hall–Kier alpha value is -0.300. The number of rotatable bonds is 7. The zero-order chi connectivity index (χ0) is 12.8. The number of hydrogen-bond donors (Lipinski definition) is 1. The van der Waals surface area contributed by atoms with Crippen LogP contribution >= 0.6 is 0 Å². The third-order valence-corrected chi connectivity index (χ3v) is 4.08. The van der Waals surface area contributed by atoms with E-state index in [9.17, 15) is 21.6 Å². The van der Waals surface area contributed by atoms with E-state index in [0.29, 0.717) is 12.8 Å². The summed E-state index contributed by atoms with van der Waals surface area (Å²) >= 11 is 0. The molecular weight excluding hydrogens is 243 g/mol. The number of alkyl halides is 3. The molecule has 0 aromatic rings. The molecule has 2 N–H and O–H groups in total. The molecule has 0 rings (SSSR count). The summed E-state index contributed by atoms with van der Waals surface area (Å²) in [7, 11) is -3.65. The Bertz CT molecular complexity index is 288. The third kappa shape index (κ3) is 6.32. The van der Waals surface area contributed by atoms with Gasteiger partial charge in [0, 0.05) is 6.54 Å². The summed E-state index contributed by atoms with van der Waals surface area (Å²) in [5.74, 6) is -3.02. The molecule has 0 bridgehead atoms. The standard InChI is InChI=1S/C9H18F3NO2S/c1-2-3-4-5-16(14,15)7-8(6-13)9(10,11)12/h8H,2-7,13H2,1H3. The maximum atomic E-state index is 12.3. The van der Waals surface area contributed by atoms with Crippen LogP contribution in [0, 0.1) is 5.92 Å². The lowest BCUT2D eigenvalue weighted by molar-refractivity contribution is -0.165. The average Bonchev–Trinajstić information content (AvgIpc) is 2.12. The first-order valence-electron chi connectivity index (χ1n) is 5.20. The van der Waals surface area contributed by atoms with E-state index in [0.717, 1.165) is 6.42 Å². The van der Waals surface area contributed by atoms with E-state index >= 15 is 0 Å². The van der Waals surface area contributed by atoms with Crippen molar-refractivity contribution in [2.24, 2.45) is 11.7 Å². The van der Waals surface area contributed by atoms with Crippen LogP contribution in [0.4, 0.5) is 13.2 Å². The van der Waals surface area contributed by atoms with Crippen molar-refractivity contribution in [3.05, 3.63) is 0 Å². The van der Waals surface area contributed by atoms with Gasteiger partial charge in [-0.3, -0.25) is 0 Å². The molecule has 0 saturated carbocycles. The van der Waals surface area contributed by atoms with Crippen LogP contribution < -0.4 is 5.73 Å². The normalized spacial score (nSPS) is 15.1. The SMILES string of the molecule is CCCCCS(=O)(=O)CC(CN)C(F)(F)F. The molecule has 0 radical (unpaired) electrons. The molecule has 0 aromatic heterocycles. The summed E-state index contributed by atoms with van der Waals surface area (Å²) < 4.78 is 59.6. The Kier molecular flexibility index (Phi) is 6.32. The van der Waals surface area contributed by atoms with Crippen molar-refractivity contribution in [2.75, 3.05) is 18.1 Å². The van der Waals surface area contributed by atoms with Crippen molar-refractivity contribution in [3.8, 4) is 0 Å². The first-order chi connectivity index (χ1) is 7.23. The van der Waals surface area contributed by atoms with E-state index in [1.807, 2.05) is 6.92 Å². The van der Waals surface area contributed by atoms with Crippen LogP contribution in [0.1, 0.15) is 26.2 Å². The smallest absolute Gasteiger partial charge is 0.330 e. The van der Waals surface area contributed by atoms with E-state index in [4.69, 9.17) is 5.73 Å². The van der Waals surface area contributed by atoms with Crippen LogP contribution in [0.3, 0.4) is 0 Å². The highest BCUT2D eigenvalue weighted by molar-refractivity contribution is 7.91. The zero-order valence-corrected chi connectivity index (χ0v) is 10.1. The summed E-state index contributed by atoms with van der Waals surface area (Å²) in [4.78, 5) is 0. The van der Waals surface area contributed by atoms with Gasteiger partial charge in [0.15, 0.2) is 9.84 Å². The highest BCUT2D eigenvalue weighted by Gasteiger charge is 2.41. The van der Waals surface area contributed by atoms with Gasteiger partial charge in [0.25, 0.3) is 0 Å². The van der Waals surface area contributed by atoms with E-state index in [2.05, 4.69) is 0 Å². The average molecular weight is 261 g/mol. The minimum absolute atomic E-state index is 0.187. The summed E-state index contributed by atoms with van der Waals surface area (Å²) in [5.41, 5.74) is 4.94. The van der Waals surface area contributed by atoms with Crippen LogP contribution in [0.15, 0.2) is 0 Å². The summed E-state index contributed by atoms with van der Waals surface area (Å²) in [6.07, 6.45) is -2.59. The van der Waals surface area contributed by atoms with E-state index in [1.54, 1.807) is 0 Å². The predicted molar refractivity (Wildman–Crippen MR) is 56.8 cm³/mol. The maximum absolute atomic E-state index is 12.3. The fourth-order valence-corrected chi connectivity index (χ4v) is 3.01. The topological polar surface area (TPSA) is 60.2 Å². The highest BCUT2D eigenvalue weighted by Crippen LogP contribution is 2.26. The molecule has 0 aliphatic rings. The zero-order valence-electron chi connectivity index (χ0n) is 9.26. The molecule has 1 atom stereocenters. The molecule has 0 saturated heterocycles. The molecule has 16 heavy (non-hydrogen) atoms. The third-order valence-electron chi connectivity index (χ3n) is 2.26. The largest absolute Gasteiger partial charge is 0.393 e. The van der Waals surface area contributed by atoms with Crippen LogP contribution in [-0.2, 0) is 9.84 Å². The summed E-state index contributed by atoms with van der Waals surface area (Å²) in [5, 5.41) is 0. The van der Waals surface area contributed by atoms with Crippen molar-refractivity contribution < 1.29 is 21.6 Å². The molecule has 0 aliphatic heterocycles. The monoisotopic (exact) mass is 261 g/mol. The molecule has 0 spiro atoms. The van der Waals surface area contributed by atoms with Gasteiger partial charge in [0.05, 0.1) is 17.4 Å². The maximum Gasteiger partial charge on any atom is 0.393 e. The van der Waals surface area contributed by atoms with Gasteiger partial charge in [-0.05, 0) is 6.42 Å². The van der Waals surface area contributed by atoms with Gasteiger partial charge < -0.3 is 5.73 Å². The molecule has 0 aliphatic carbocycles. The second kappa shape index (κ2) is 6.44. The molecule has 1 unspecified atom stereocenters. The minimum atomic E-state index is -4.54. The van der Waals surface area contributed by atoms with Crippen LogP contribution in [0.5, 0.6) is 0 Å². The summed E-state index contributed by atoms with van der Waals surface area (Å²) in [6.45, 7) is 1.21. The summed E-state index contributed by atoms with van der Waals surface area (Å²) in [6, 6.07) is 0. The molecule has 98 valence electrons. The first-order valence-corrected chi connectivity index (χ1v) is 7.02. The minimum Gasteiger partial charge on any atom is -0.330 e. The molecular formula is C9H18F3NO2S. The fraction of sp³-hybridized carbons (Fsp3) is 1.00. The number of sulfone groups is 1. The van der Waals surface area contributed by atoms with Gasteiger partial charge >= 0.3 is 6.18 Å². The number of unbranched alkanes of at least 4 members (excludes halogenated alkanes) is 2. The van der Waals surface area contributed by atoms with E-state index < -0.39 is 34.2 Å². The van der Waals surface area contributed by atoms with Crippen LogP contribution in [0.2, 0.25) is 0 Å². The highest BCUT2D eigenvalue weighted by atomic mass is 32.2. The van der Waals surface area contributed by atoms with Crippen molar-refractivity contribution in [3.63, 3.8) is 0 Å². The van der Waals surface area contributed by atoms with Gasteiger partial charge in [0.1, 0.15) is 0 Å². The molecule has 0 aromatic carbocycles. The molecule has 3 nitrogen and oxygen atoms in total. The van der Waals surface area contributed by atoms with Gasteiger partial charge in [0.2, 0.25) is 0 Å². The van der Waals surface area contributed by atoms with Crippen molar-refractivity contribution >= 4 is 9.84 Å². The Labute approximate surface area is 94.1 Å². The van der Waals surface area contributed by atoms with Crippen molar-refractivity contribution in [1.29, 1.82) is 0 Å². The Morgan fingerprint density at radius 1 is 1.25 bits per heavy atom. The first kappa shape index (κ1) is 15.7. The number of hydrogen-bond acceptors (Lipinski definition) is 3. The lowest BCUT2D eigenvalue weighted by Gasteiger charge is -2.18. The van der Waals surface area contributed by atoms with E-state index in [1.165, 1.54) is 0 Å². The predicted octanol–water partition coefficient (Wildman–Crippen LogP) is 1.73. The van der Waals surface area contributed by atoms with Crippen molar-refractivity contribution in [2.45, 2.75) is 32.4 Å². The molecule has 7 heteroatoms. The van der Waals surface area contributed by atoms with E-state index in [-0.39, 0.29) is 5.75 Å². The lowest BCUT2D eigenvalue weighted by Crippen LogP contribution is -2.36. The van der Waals surface area contributed by atoms with Crippen molar-refractivity contribution in [1.82, 2.24) is 0 Å². The fourth-order valence-electron chi connectivity index (χ4n) is 1.26. The number of halogens is 3. The van der Waals surface area contributed by atoms with Gasteiger partial charge in [-0.1, -0.05) is 19.8 Å². The Morgan fingerprint density at radius 3 is 2.19 bits per heavy atom. The van der Waals surface area contributed by atoms with Gasteiger partial charge in [-0.15, -0.1) is 0 Å². The Balaban J connectivity index is 4.33. The van der Waals surface area contributed by atoms with Crippen LogP contribution in [-0.4, -0.2) is 32.6 Å². The lowest BCUT2D eigenvalue weighted by atomic mass is 10.2. The second-order valence-corrected chi connectivity index (χ2v) is 6.02. The second-order valence-electron chi connectivity index (χ2n) is 3.80. The Morgan fingerprint density at radius 2 is 1.81 bits per heavy atom. The van der Waals surface area contributed by atoms with Crippen LogP contribution in [0.25, 0.3) is 0 Å². The number of nitrogens with two attached hydrogens (primary N) is 1. The molecule has 0 amide bonds. The van der Waals surface area contributed by atoms with Gasteiger partial charge in [-0.25, -0.2) is 8.42 Å². The molecule has 0 heterocycles. The quantitative estimate of drug-likeness (QED) is 0.710.